The molecule has 13 heteroatoms. The van der Waals surface area contributed by atoms with Crippen molar-refractivity contribution in [3.63, 3.8) is 0 Å². The number of nitrogens with zero attached hydrogens (tertiary/aromatic N) is 5. The second kappa shape index (κ2) is 17.6. The second-order valence-electron chi connectivity index (χ2n) is 12.7. The molecule has 0 atom stereocenters. The van der Waals surface area contributed by atoms with Gasteiger partial charge in [-0.2, -0.15) is 0 Å². The van der Waals surface area contributed by atoms with Crippen molar-refractivity contribution < 1.29 is 28.9 Å². The largest absolute Gasteiger partial charge is 0.481 e. The molecule has 5 heterocycles. The van der Waals surface area contributed by atoms with E-state index in [0.717, 1.165) is 72.3 Å². The zero-order valence-electron chi connectivity index (χ0n) is 30.7. The summed E-state index contributed by atoms with van der Waals surface area (Å²) in [5.41, 5.74) is 22.0. The molecule has 3 aromatic heterocycles. The van der Waals surface area contributed by atoms with Crippen LogP contribution in [0.1, 0.15) is 84.6 Å². The van der Waals surface area contributed by atoms with Crippen LogP contribution in [0, 0.1) is 13.8 Å². The van der Waals surface area contributed by atoms with Gasteiger partial charge in [-0.05, 0) is 104 Å². The monoisotopic (exact) mass is 719 g/mol. The van der Waals surface area contributed by atoms with Gasteiger partial charge in [-0.25, -0.2) is 9.97 Å². The highest BCUT2D eigenvalue weighted by Crippen LogP contribution is 2.38. The van der Waals surface area contributed by atoms with Gasteiger partial charge >= 0.3 is 11.9 Å². The highest BCUT2D eigenvalue weighted by molar-refractivity contribution is 5.97. The fraction of sp³-hybridized carbons (Fsp3) is 0.350. The summed E-state index contributed by atoms with van der Waals surface area (Å²) >= 11 is 0. The Bertz CT molecular complexity index is 2220. The highest BCUT2D eigenvalue weighted by atomic mass is 16.6. The quantitative estimate of drug-likeness (QED) is 0.0406. The minimum atomic E-state index is -0.895. The number of carbonyl (C=O) groups is 2. The molecular formula is C40H45N7O6. The molecule has 0 amide bonds. The third kappa shape index (κ3) is 9.01. The van der Waals surface area contributed by atoms with E-state index in [4.69, 9.17) is 29.7 Å². The summed E-state index contributed by atoms with van der Waals surface area (Å²) in [6.45, 7) is 17.7. The van der Waals surface area contributed by atoms with Crippen LogP contribution in [0.15, 0.2) is 42.5 Å². The van der Waals surface area contributed by atoms with Crippen LogP contribution in [0.25, 0.3) is 67.0 Å². The standard InChI is InChI=1S/C40H45N7O6/c1-7-27-23(3)31-19-32-26(6)30(10-12-40(50)53-18-17-52-16-15-51-14-13-42-47-41)38(45-32)22-37-29(9-11-39(48)49)25(5)34(46-37)21-36-28(8-2)24(4)33(44-36)20-35(27)43-31/h7-8,19-22,43-44H,1-2,9-18H2,3-6H3,(H,48,49). The Morgan fingerprint density at radius 2 is 1.26 bits per heavy atom. The highest BCUT2D eigenvalue weighted by Gasteiger charge is 2.23. The maximum Gasteiger partial charge on any atom is 0.306 e. The minimum Gasteiger partial charge on any atom is -0.481 e. The van der Waals surface area contributed by atoms with Crippen molar-refractivity contribution in [2.75, 3.05) is 39.6 Å². The number of hydrogen-bond donors (Lipinski definition) is 3. The number of allylic oxidation sites excluding steroid dienone is 4. The first-order valence-electron chi connectivity index (χ1n) is 17.5. The number of esters is 1. The van der Waals surface area contributed by atoms with Crippen molar-refractivity contribution in [3.05, 3.63) is 92.9 Å². The molecule has 53 heavy (non-hydrogen) atoms. The number of carboxylic acids is 1. The number of hydrogen-bond acceptors (Lipinski definition) is 8. The van der Waals surface area contributed by atoms with Gasteiger partial charge in [0, 0.05) is 57.5 Å². The first kappa shape index (κ1) is 38.5. The summed E-state index contributed by atoms with van der Waals surface area (Å²) in [5, 5.41) is 13.0. The summed E-state index contributed by atoms with van der Waals surface area (Å²) in [6.07, 6.45) is 4.40. The van der Waals surface area contributed by atoms with Gasteiger partial charge in [-0.3, -0.25) is 9.59 Å². The third-order valence-corrected chi connectivity index (χ3v) is 9.47. The van der Waals surface area contributed by atoms with Crippen LogP contribution in [-0.4, -0.2) is 76.6 Å². The molecule has 0 fully saturated rings. The molecule has 13 nitrogen and oxygen atoms in total. The lowest BCUT2D eigenvalue weighted by atomic mass is 9.98. The van der Waals surface area contributed by atoms with Gasteiger partial charge in [0.05, 0.1) is 49.2 Å². The van der Waals surface area contributed by atoms with Crippen molar-refractivity contribution in [3.8, 4) is 0 Å². The number of aryl methyl sites for hydroxylation is 2. The van der Waals surface area contributed by atoms with Gasteiger partial charge < -0.3 is 29.3 Å². The lowest BCUT2D eigenvalue weighted by Gasteiger charge is -2.08. The minimum absolute atomic E-state index is 0.0510. The van der Waals surface area contributed by atoms with Crippen LogP contribution in [0.4, 0.5) is 0 Å². The number of azide groups is 1. The van der Waals surface area contributed by atoms with E-state index in [0.29, 0.717) is 49.7 Å². The van der Waals surface area contributed by atoms with Crippen molar-refractivity contribution in [1.82, 2.24) is 19.9 Å². The fourth-order valence-electron chi connectivity index (χ4n) is 6.52. The normalized spacial score (nSPS) is 12.5. The van der Waals surface area contributed by atoms with Gasteiger partial charge in [0.25, 0.3) is 0 Å². The molecule has 5 rings (SSSR count). The summed E-state index contributed by atoms with van der Waals surface area (Å²) in [4.78, 5) is 44.4. The fourth-order valence-corrected chi connectivity index (χ4v) is 6.52. The summed E-state index contributed by atoms with van der Waals surface area (Å²) in [6, 6.07) is 7.95. The Morgan fingerprint density at radius 1 is 0.755 bits per heavy atom. The van der Waals surface area contributed by atoms with Crippen LogP contribution in [0.2, 0.25) is 0 Å². The van der Waals surface area contributed by atoms with Crippen molar-refractivity contribution in [1.29, 1.82) is 0 Å². The number of carboxylic acid groups (broad SMARTS) is 1. The molecule has 3 aromatic rings. The lowest BCUT2D eigenvalue weighted by molar-refractivity contribution is -0.145. The molecule has 0 aromatic carbocycles. The smallest absolute Gasteiger partial charge is 0.306 e. The van der Waals surface area contributed by atoms with Gasteiger partial charge in [-0.15, -0.1) is 0 Å². The van der Waals surface area contributed by atoms with Gasteiger partial charge in [0.15, 0.2) is 0 Å². The molecule has 2 aliphatic heterocycles. The van der Waals surface area contributed by atoms with Crippen LogP contribution in [0.5, 0.6) is 0 Å². The molecule has 0 saturated carbocycles. The first-order chi connectivity index (χ1) is 25.6. The second-order valence-corrected chi connectivity index (χ2v) is 12.7. The van der Waals surface area contributed by atoms with Crippen LogP contribution >= 0.6 is 0 Å². The summed E-state index contributed by atoms with van der Waals surface area (Å²) < 4.78 is 16.2. The molecule has 2 aliphatic rings. The Kier molecular flexibility index (Phi) is 12.8. The number of carbonyl (C=O) groups excluding carboxylic acids is 1. The molecule has 0 spiro atoms. The maximum absolute atomic E-state index is 12.9. The zero-order valence-corrected chi connectivity index (χ0v) is 30.7. The zero-order chi connectivity index (χ0) is 38.1. The predicted octanol–water partition coefficient (Wildman–Crippen LogP) is 8.61. The number of fused-ring (bicyclic) bond motifs is 8. The average Bonchev–Trinajstić information content (AvgIpc) is 3.79. The Morgan fingerprint density at radius 3 is 1.83 bits per heavy atom. The van der Waals surface area contributed by atoms with E-state index in [1.165, 1.54) is 0 Å². The maximum atomic E-state index is 12.9. The molecule has 276 valence electrons. The molecule has 0 unspecified atom stereocenters. The summed E-state index contributed by atoms with van der Waals surface area (Å²) in [7, 11) is 0. The first-order valence-corrected chi connectivity index (χ1v) is 17.5. The number of aromatic nitrogens is 4. The molecule has 8 bridgehead atoms. The Hall–Kier alpha value is -5.75. The van der Waals surface area contributed by atoms with E-state index in [2.05, 4.69) is 39.2 Å². The van der Waals surface area contributed by atoms with E-state index in [-0.39, 0.29) is 38.6 Å². The van der Waals surface area contributed by atoms with E-state index in [1.807, 2.05) is 58.0 Å². The van der Waals surface area contributed by atoms with E-state index < -0.39 is 5.97 Å². The predicted molar refractivity (Wildman–Crippen MR) is 208 cm³/mol. The molecule has 3 N–H and O–H groups in total. The molecule has 0 radical (unpaired) electrons. The van der Waals surface area contributed by atoms with Gasteiger partial charge in [-0.1, -0.05) is 30.4 Å². The van der Waals surface area contributed by atoms with E-state index in [1.54, 1.807) is 0 Å². The SMILES string of the molecule is C=Cc1c(C)c2cc3[nH]c(cc4nc(cc5nc(cc1[nH]2)C(C)=C5CCC(=O)O)C(CCC(=O)OCCOCCOCCN=[N+]=[N-])=C4C)c(C)c3C=C. The Labute approximate surface area is 307 Å². The van der Waals surface area contributed by atoms with Gasteiger partial charge in [0.2, 0.25) is 0 Å². The van der Waals surface area contributed by atoms with Crippen LogP contribution in [-0.2, 0) is 23.8 Å². The van der Waals surface area contributed by atoms with Crippen molar-refractivity contribution in [2.45, 2.75) is 53.4 Å². The van der Waals surface area contributed by atoms with Crippen LogP contribution in [0.3, 0.4) is 0 Å². The lowest BCUT2D eigenvalue weighted by Crippen LogP contribution is -2.13. The van der Waals surface area contributed by atoms with E-state index >= 15 is 0 Å². The van der Waals surface area contributed by atoms with Gasteiger partial charge in [0.1, 0.15) is 6.61 Å². The van der Waals surface area contributed by atoms with Crippen molar-refractivity contribution >= 4 is 68.4 Å². The average molecular weight is 720 g/mol. The number of ether oxygens (including phenoxy) is 3. The number of aliphatic carboxylic acids is 1. The number of H-pyrrole nitrogens is 2. The topological polar surface area (TPSA) is 188 Å². The molecule has 0 saturated heterocycles. The summed E-state index contributed by atoms with van der Waals surface area (Å²) in [5.74, 6) is -1.27. The molecular weight excluding hydrogens is 674 g/mol. The molecule has 0 aliphatic carbocycles. The third-order valence-electron chi connectivity index (χ3n) is 9.47. The van der Waals surface area contributed by atoms with Crippen LogP contribution < -0.4 is 0 Å². The van der Waals surface area contributed by atoms with E-state index in [9.17, 15) is 14.7 Å². The Balaban J connectivity index is 1.53. The number of nitrogens with one attached hydrogen (secondary N) is 2. The number of aromatic amines is 2. The van der Waals surface area contributed by atoms with Crippen molar-refractivity contribution in [2.24, 2.45) is 5.11 Å². The number of rotatable bonds is 17.